The zero-order chi connectivity index (χ0) is 21.5. The summed E-state index contributed by atoms with van der Waals surface area (Å²) < 4.78 is 5.63. The minimum Gasteiger partial charge on any atom is -0.482 e. The molecule has 3 heterocycles. The van der Waals surface area contributed by atoms with Crippen molar-refractivity contribution in [3.63, 3.8) is 0 Å². The van der Waals surface area contributed by atoms with Crippen LogP contribution in [0.25, 0.3) is 11.3 Å². The van der Waals surface area contributed by atoms with Gasteiger partial charge in [0.25, 0.3) is 5.91 Å². The lowest BCUT2D eigenvalue weighted by atomic mass is 10.00. The molecule has 0 saturated carbocycles. The molecule has 0 unspecified atom stereocenters. The van der Waals surface area contributed by atoms with Gasteiger partial charge in [0, 0.05) is 23.5 Å². The molecule has 7 heteroatoms. The second kappa shape index (κ2) is 7.81. The molecule has 2 aromatic carbocycles. The first-order chi connectivity index (χ1) is 15.0. The molecular weight excluding hydrogens is 410 g/mol. The number of anilines is 1. The highest BCUT2D eigenvalue weighted by Crippen LogP contribution is 2.37. The Kier molecular flexibility index (Phi) is 4.98. The minimum atomic E-state index is -0.207. The van der Waals surface area contributed by atoms with E-state index in [9.17, 15) is 9.59 Å². The lowest BCUT2D eigenvalue weighted by Crippen LogP contribution is -2.47. The first-order valence-electron chi connectivity index (χ1n) is 10.4. The van der Waals surface area contributed by atoms with Gasteiger partial charge in [-0.3, -0.25) is 14.5 Å². The molecule has 0 bridgehead atoms. The molecule has 2 amide bonds. The number of ether oxygens (including phenoxy) is 1. The van der Waals surface area contributed by atoms with Gasteiger partial charge in [-0.1, -0.05) is 24.3 Å². The summed E-state index contributed by atoms with van der Waals surface area (Å²) in [5, 5.41) is 0.995. The van der Waals surface area contributed by atoms with E-state index >= 15 is 0 Å². The van der Waals surface area contributed by atoms with Crippen LogP contribution in [0.5, 0.6) is 5.75 Å². The number of carbonyl (C=O) groups is 2. The van der Waals surface area contributed by atoms with E-state index in [1.54, 1.807) is 16.2 Å². The molecule has 3 aromatic rings. The summed E-state index contributed by atoms with van der Waals surface area (Å²) in [4.78, 5) is 35.0. The monoisotopic (exact) mass is 433 g/mol. The van der Waals surface area contributed by atoms with Crippen LogP contribution >= 0.6 is 11.3 Å². The first-order valence-corrected chi connectivity index (χ1v) is 11.2. The quantitative estimate of drug-likeness (QED) is 0.631. The molecular formula is C24H23N3O3S. The smallest absolute Gasteiger partial charge is 0.265 e. The van der Waals surface area contributed by atoms with Crippen LogP contribution in [0.15, 0.2) is 42.5 Å². The topological polar surface area (TPSA) is 62.7 Å². The second-order valence-corrected chi connectivity index (χ2v) is 9.33. The number of hydrogen-bond donors (Lipinski definition) is 0. The second-order valence-electron chi connectivity index (χ2n) is 7.92. The largest absolute Gasteiger partial charge is 0.482 e. The molecule has 31 heavy (non-hydrogen) atoms. The number of amides is 2. The van der Waals surface area contributed by atoms with E-state index in [1.807, 2.05) is 49.1 Å². The van der Waals surface area contributed by atoms with Crippen molar-refractivity contribution in [2.45, 2.75) is 26.8 Å². The summed E-state index contributed by atoms with van der Waals surface area (Å²) in [6.07, 6.45) is 0.835. The third-order valence-corrected chi connectivity index (χ3v) is 6.74. The van der Waals surface area contributed by atoms with Crippen molar-refractivity contribution in [1.29, 1.82) is 0 Å². The normalized spacial score (nSPS) is 15.4. The van der Waals surface area contributed by atoms with Gasteiger partial charge in [0.05, 0.1) is 16.4 Å². The van der Waals surface area contributed by atoms with E-state index in [2.05, 4.69) is 17.1 Å². The summed E-state index contributed by atoms with van der Waals surface area (Å²) in [7, 11) is 0. The van der Waals surface area contributed by atoms with E-state index in [-0.39, 0.29) is 25.0 Å². The lowest BCUT2D eigenvalue weighted by Gasteiger charge is -2.33. The number of hydrogen-bond acceptors (Lipinski definition) is 5. The van der Waals surface area contributed by atoms with Crippen LogP contribution in [0, 0.1) is 13.8 Å². The van der Waals surface area contributed by atoms with E-state index in [0.717, 1.165) is 27.6 Å². The maximum Gasteiger partial charge on any atom is 0.265 e. The molecule has 158 valence electrons. The Morgan fingerprint density at radius 2 is 1.97 bits per heavy atom. The van der Waals surface area contributed by atoms with Gasteiger partial charge in [0.15, 0.2) is 6.61 Å². The average Bonchev–Trinajstić information content (AvgIpc) is 3.12. The summed E-state index contributed by atoms with van der Waals surface area (Å²) in [6.45, 7) is 5.22. The average molecular weight is 434 g/mol. The molecule has 0 radical (unpaired) electrons. The molecule has 0 aliphatic carbocycles. The number of thiazole rings is 1. The van der Waals surface area contributed by atoms with Crippen molar-refractivity contribution in [3.05, 3.63) is 63.5 Å². The molecule has 0 spiro atoms. The van der Waals surface area contributed by atoms with E-state index in [1.165, 1.54) is 11.1 Å². The number of benzene rings is 2. The van der Waals surface area contributed by atoms with Crippen molar-refractivity contribution in [2.24, 2.45) is 0 Å². The maximum atomic E-state index is 13.1. The molecule has 0 saturated heterocycles. The van der Waals surface area contributed by atoms with Crippen molar-refractivity contribution in [1.82, 2.24) is 9.88 Å². The fourth-order valence-electron chi connectivity index (χ4n) is 4.26. The highest BCUT2D eigenvalue weighted by Gasteiger charge is 2.30. The molecule has 2 aliphatic heterocycles. The number of fused-ring (bicyclic) bond motifs is 2. The summed E-state index contributed by atoms with van der Waals surface area (Å²) in [5.74, 6) is 0.355. The predicted molar refractivity (Wildman–Crippen MR) is 120 cm³/mol. The highest BCUT2D eigenvalue weighted by atomic mass is 32.1. The van der Waals surface area contributed by atoms with Gasteiger partial charge in [-0.25, -0.2) is 4.98 Å². The van der Waals surface area contributed by atoms with Crippen LogP contribution in [-0.2, 0) is 22.6 Å². The van der Waals surface area contributed by atoms with Gasteiger partial charge in [-0.05, 0) is 49.6 Å². The van der Waals surface area contributed by atoms with Crippen LogP contribution in [-0.4, -0.2) is 41.4 Å². The highest BCUT2D eigenvalue weighted by molar-refractivity contribution is 7.11. The summed E-state index contributed by atoms with van der Waals surface area (Å²) in [5.41, 5.74) is 4.92. The molecule has 5 rings (SSSR count). The van der Waals surface area contributed by atoms with Crippen LogP contribution in [0.3, 0.4) is 0 Å². The van der Waals surface area contributed by atoms with Gasteiger partial charge in [-0.15, -0.1) is 11.3 Å². The third-order valence-electron chi connectivity index (χ3n) is 5.86. The summed E-state index contributed by atoms with van der Waals surface area (Å²) in [6, 6.07) is 13.9. The molecule has 1 aromatic heterocycles. The molecule has 0 fully saturated rings. The van der Waals surface area contributed by atoms with Gasteiger partial charge >= 0.3 is 0 Å². The van der Waals surface area contributed by atoms with Crippen LogP contribution in [0.4, 0.5) is 5.69 Å². The number of aryl methyl sites for hydroxylation is 2. The maximum absolute atomic E-state index is 13.1. The molecule has 2 aliphatic rings. The zero-order valence-corrected chi connectivity index (χ0v) is 18.4. The third kappa shape index (κ3) is 3.70. The van der Waals surface area contributed by atoms with E-state index in [4.69, 9.17) is 4.74 Å². The SMILES string of the molecule is Cc1nc(-c2ccc3c(c2)N(CC(=O)N2CCc4ccccc4C2)C(=O)CO3)c(C)s1. The van der Waals surface area contributed by atoms with Gasteiger partial charge < -0.3 is 9.64 Å². The van der Waals surface area contributed by atoms with Gasteiger partial charge in [0.2, 0.25) is 5.91 Å². The van der Waals surface area contributed by atoms with Crippen LogP contribution in [0.2, 0.25) is 0 Å². The van der Waals surface area contributed by atoms with Crippen molar-refractivity contribution in [2.75, 3.05) is 24.6 Å². The Hall–Kier alpha value is -3.19. The van der Waals surface area contributed by atoms with E-state index in [0.29, 0.717) is 24.5 Å². The molecule has 0 N–H and O–H groups in total. The fraction of sp³-hybridized carbons (Fsp3) is 0.292. The predicted octanol–water partition coefficient (Wildman–Crippen LogP) is 3.74. The van der Waals surface area contributed by atoms with Crippen molar-refractivity contribution < 1.29 is 14.3 Å². The molecule has 6 nitrogen and oxygen atoms in total. The van der Waals surface area contributed by atoms with Gasteiger partial charge in [-0.2, -0.15) is 0 Å². The number of carbonyl (C=O) groups excluding carboxylic acids is 2. The zero-order valence-electron chi connectivity index (χ0n) is 17.6. The van der Waals surface area contributed by atoms with Crippen LogP contribution in [0.1, 0.15) is 21.0 Å². The number of nitrogens with zero attached hydrogens (tertiary/aromatic N) is 3. The Labute approximate surface area is 185 Å². The van der Waals surface area contributed by atoms with Crippen LogP contribution < -0.4 is 9.64 Å². The Balaban J connectivity index is 1.41. The summed E-state index contributed by atoms with van der Waals surface area (Å²) >= 11 is 1.64. The number of aromatic nitrogens is 1. The van der Waals surface area contributed by atoms with Crippen molar-refractivity contribution >= 4 is 28.8 Å². The Bertz CT molecular complexity index is 1190. The standard InChI is InChI=1S/C24H23N3O3S/c1-15-24(25-16(2)31-15)18-7-8-21-20(11-18)27(23(29)14-30-21)13-22(28)26-10-9-17-5-3-4-6-19(17)12-26/h3-8,11H,9-10,12-14H2,1-2H3. The molecule has 0 atom stereocenters. The van der Waals surface area contributed by atoms with Crippen molar-refractivity contribution in [3.8, 4) is 17.0 Å². The fourth-order valence-corrected chi connectivity index (χ4v) is 5.10. The lowest BCUT2D eigenvalue weighted by molar-refractivity contribution is -0.132. The number of rotatable bonds is 3. The van der Waals surface area contributed by atoms with Gasteiger partial charge in [0.1, 0.15) is 12.3 Å². The Morgan fingerprint density at radius 3 is 2.74 bits per heavy atom. The van der Waals surface area contributed by atoms with E-state index < -0.39 is 0 Å². The Morgan fingerprint density at radius 1 is 1.16 bits per heavy atom. The minimum absolute atomic E-state index is 0.00981. The first kappa shape index (κ1) is 19.8.